The van der Waals surface area contributed by atoms with Crippen LogP contribution < -0.4 is 9.80 Å². The molecule has 27 heavy (non-hydrogen) atoms. The fraction of sp³-hybridized carbons (Fsp3) is 0.250. The molecule has 146 valence electrons. The van der Waals surface area contributed by atoms with Crippen molar-refractivity contribution in [3.8, 4) is 0 Å². The van der Waals surface area contributed by atoms with Crippen molar-refractivity contribution in [2.75, 3.05) is 25.5 Å². The van der Waals surface area contributed by atoms with Crippen molar-refractivity contribution < 1.29 is 26.6 Å². The van der Waals surface area contributed by atoms with Crippen LogP contribution in [0.4, 0.5) is 9.57 Å². The van der Waals surface area contributed by atoms with E-state index in [1.54, 1.807) is 18.0 Å². The third kappa shape index (κ3) is 5.60. The van der Waals surface area contributed by atoms with E-state index in [9.17, 15) is 8.68 Å². The lowest BCUT2D eigenvalue weighted by atomic mass is 10.0. The summed E-state index contributed by atoms with van der Waals surface area (Å²) in [6, 6.07) is 11.1. The minimum atomic E-state index is -5.42. The number of hydrogen-bond acceptors (Lipinski definition) is 5. The Balaban J connectivity index is 0.000000465. The lowest BCUT2D eigenvalue weighted by Crippen LogP contribution is -3.10. The highest BCUT2D eigenvalue weighted by molar-refractivity contribution is 7.80. The first-order valence-corrected chi connectivity index (χ1v) is 9.70. The minimum absolute atomic E-state index is 0.0393. The Hall–Kier alpha value is -1.78. The Bertz CT molecular complexity index is 950. The third-order valence-electron chi connectivity index (χ3n) is 4.02. The Morgan fingerprint density at radius 1 is 1.26 bits per heavy atom. The molecule has 1 aromatic heterocycles. The number of rotatable bonds is 1. The zero-order valence-corrected chi connectivity index (χ0v) is 16.6. The van der Waals surface area contributed by atoms with Crippen LogP contribution in [0.25, 0.3) is 0 Å². The molecule has 0 fully saturated rings. The molecule has 1 aliphatic rings. The molecule has 0 spiro atoms. The Labute approximate surface area is 166 Å². The number of aromatic nitrogens is 1. The fourth-order valence-corrected chi connectivity index (χ4v) is 3.29. The monoisotopic (exact) mass is 435 g/mol. The number of carbonyl (C=O) groups is 1. The van der Waals surface area contributed by atoms with Gasteiger partial charge < -0.3 is 14.4 Å². The average Bonchev–Trinajstić information content (AvgIpc) is 2.62. The SMILES string of the molecule is CN1C(=O)C[NH+](C)C(c2ccccc2Cl)c2nc(Cl)ccc21.O=S(=O)([O-])F. The fourth-order valence-electron chi connectivity index (χ4n) is 2.89. The number of anilines is 1. The maximum atomic E-state index is 12.3. The molecule has 0 saturated heterocycles. The zero-order chi connectivity index (χ0) is 20.4. The van der Waals surface area contributed by atoms with Gasteiger partial charge in [-0.3, -0.25) is 4.79 Å². The molecule has 1 N–H and O–H groups in total. The first-order valence-electron chi connectivity index (χ1n) is 7.64. The Morgan fingerprint density at radius 2 is 1.85 bits per heavy atom. The third-order valence-corrected chi connectivity index (χ3v) is 4.57. The van der Waals surface area contributed by atoms with Crippen LogP contribution in [0.1, 0.15) is 17.3 Å². The van der Waals surface area contributed by atoms with E-state index < -0.39 is 10.5 Å². The number of likely N-dealkylation sites (N-methyl/N-ethyl adjacent to an activating group) is 2. The number of carbonyl (C=O) groups excluding carboxylic acids is 1. The second-order valence-electron chi connectivity index (χ2n) is 5.86. The molecule has 0 aliphatic carbocycles. The smallest absolute Gasteiger partial charge is 0.281 e. The molecule has 2 heterocycles. The van der Waals surface area contributed by atoms with Gasteiger partial charge in [0.1, 0.15) is 10.8 Å². The van der Waals surface area contributed by atoms with Crippen molar-refractivity contribution in [1.82, 2.24) is 4.98 Å². The number of benzene rings is 1. The zero-order valence-electron chi connectivity index (χ0n) is 14.3. The first kappa shape index (κ1) is 21.5. The molecule has 1 amide bonds. The second kappa shape index (κ2) is 8.49. The van der Waals surface area contributed by atoms with E-state index in [0.29, 0.717) is 16.7 Å². The van der Waals surface area contributed by atoms with Gasteiger partial charge in [0.2, 0.25) is 0 Å². The van der Waals surface area contributed by atoms with Gasteiger partial charge in [0.05, 0.1) is 17.8 Å². The minimum Gasteiger partial charge on any atom is -0.722 e. The molecule has 7 nitrogen and oxygen atoms in total. The lowest BCUT2D eigenvalue weighted by Gasteiger charge is -2.23. The van der Waals surface area contributed by atoms with Gasteiger partial charge in [0, 0.05) is 12.6 Å². The number of nitrogens with one attached hydrogen (secondary N) is 1. The highest BCUT2D eigenvalue weighted by Gasteiger charge is 2.36. The van der Waals surface area contributed by atoms with Crippen LogP contribution in [0.2, 0.25) is 10.2 Å². The van der Waals surface area contributed by atoms with Gasteiger partial charge >= 0.3 is 0 Å². The summed E-state index contributed by atoms with van der Waals surface area (Å²) in [4.78, 5) is 19.5. The van der Waals surface area contributed by atoms with Crippen LogP contribution in [0, 0.1) is 0 Å². The molecule has 11 heteroatoms. The normalized spacial score (nSPS) is 19.6. The van der Waals surface area contributed by atoms with Gasteiger partial charge in [-0.25, -0.2) is 13.4 Å². The van der Waals surface area contributed by atoms with Crippen molar-refractivity contribution in [3.05, 3.63) is 57.8 Å². The van der Waals surface area contributed by atoms with Crippen molar-refractivity contribution in [2.45, 2.75) is 6.04 Å². The van der Waals surface area contributed by atoms with E-state index in [1.165, 1.54) is 0 Å². The predicted octanol–water partition coefficient (Wildman–Crippen LogP) is 1.39. The molecule has 2 unspecified atom stereocenters. The quantitative estimate of drug-likeness (QED) is 0.414. The molecule has 3 rings (SSSR count). The summed E-state index contributed by atoms with van der Waals surface area (Å²) in [7, 11) is -1.68. The van der Waals surface area contributed by atoms with Crippen LogP contribution in [0.3, 0.4) is 0 Å². The number of amides is 1. The first-order chi connectivity index (χ1) is 12.5. The highest BCUT2D eigenvalue weighted by Crippen LogP contribution is 2.32. The topological polar surface area (TPSA) is 94.8 Å². The summed E-state index contributed by atoms with van der Waals surface area (Å²) in [5.74, 6) is 0.0393. The van der Waals surface area contributed by atoms with Gasteiger partial charge in [-0.15, -0.1) is 3.89 Å². The predicted molar refractivity (Wildman–Crippen MR) is 98.5 cm³/mol. The van der Waals surface area contributed by atoms with E-state index in [1.807, 2.05) is 37.4 Å². The molecule has 2 atom stereocenters. The average molecular weight is 436 g/mol. The second-order valence-corrected chi connectivity index (χ2v) is 7.44. The lowest BCUT2D eigenvalue weighted by molar-refractivity contribution is -0.897. The van der Waals surface area contributed by atoms with E-state index in [0.717, 1.165) is 21.8 Å². The van der Waals surface area contributed by atoms with E-state index in [2.05, 4.69) is 4.98 Å². The van der Waals surface area contributed by atoms with Gasteiger partial charge in [0.15, 0.2) is 12.6 Å². The van der Waals surface area contributed by atoms with Crippen molar-refractivity contribution in [3.63, 3.8) is 0 Å². The van der Waals surface area contributed by atoms with Crippen LogP contribution in [0.15, 0.2) is 36.4 Å². The maximum absolute atomic E-state index is 12.3. The number of pyridine rings is 1. The van der Waals surface area contributed by atoms with E-state index in [-0.39, 0.29) is 11.9 Å². The van der Waals surface area contributed by atoms with E-state index >= 15 is 0 Å². The summed E-state index contributed by atoms with van der Waals surface area (Å²) in [5.41, 5.74) is 2.49. The number of nitrogens with zero attached hydrogens (tertiary/aromatic N) is 2. The molecule has 0 radical (unpaired) electrons. The number of quaternary nitrogens is 1. The highest BCUT2D eigenvalue weighted by atomic mass is 35.5. The molecular weight excluding hydrogens is 420 g/mol. The molecule has 1 aliphatic heterocycles. The molecule has 1 aromatic carbocycles. The number of halogens is 3. The summed E-state index contributed by atoms with van der Waals surface area (Å²) in [6.07, 6.45) is 0. The summed E-state index contributed by atoms with van der Waals surface area (Å²) in [5, 5.41) is 1.07. The van der Waals surface area contributed by atoms with Crippen LogP contribution >= 0.6 is 23.2 Å². The van der Waals surface area contributed by atoms with E-state index in [4.69, 9.17) is 36.2 Å². The molecule has 0 saturated carbocycles. The van der Waals surface area contributed by atoms with Crippen molar-refractivity contribution >= 4 is 45.3 Å². The molecule has 0 bridgehead atoms. The van der Waals surface area contributed by atoms with Gasteiger partial charge in [-0.2, -0.15) is 0 Å². The van der Waals surface area contributed by atoms with Crippen molar-refractivity contribution in [2.24, 2.45) is 0 Å². The number of hydrogen-bond donors (Lipinski definition) is 1. The molecule has 2 aromatic rings. The standard InChI is InChI=1S/C16H15Cl2N3O.FHO3S/c1-20-9-14(22)21(2)12-7-8-13(18)19-15(12)16(20)10-5-3-4-6-11(10)17;1-5(2,3)4/h3-8,16H,9H2,1-2H3;(H,2,3,4). The van der Waals surface area contributed by atoms with Crippen LogP contribution in [-0.4, -0.2) is 44.5 Å². The van der Waals surface area contributed by atoms with Crippen LogP contribution in [-0.2, 0) is 15.3 Å². The summed E-state index contributed by atoms with van der Waals surface area (Å²) < 4.78 is 35.3. The van der Waals surface area contributed by atoms with Crippen LogP contribution in [0.5, 0.6) is 0 Å². The Morgan fingerprint density at radius 3 is 2.44 bits per heavy atom. The Kier molecular flexibility index (Phi) is 6.77. The van der Waals surface area contributed by atoms with Gasteiger partial charge in [0.25, 0.3) is 16.4 Å². The number of fused-ring (bicyclic) bond motifs is 1. The van der Waals surface area contributed by atoms with Gasteiger partial charge in [-0.05, 0) is 18.2 Å². The largest absolute Gasteiger partial charge is 0.722 e. The van der Waals surface area contributed by atoms with Crippen molar-refractivity contribution in [1.29, 1.82) is 0 Å². The molecular formula is C16H16Cl2FN3O4S. The summed E-state index contributed by atoms with van der Waals surface area (Å²) >= 11 is 12.5. The maximum Gasteiger partial charge on any atom is 0.281 e. The van der Waals surface area contributed by atoms with Gasteiger partial charge in [-0.1, -0.05) is 41.4 Å². The summed E-state index contributed by atoms with van der Waals surface area (Å²) in [6.45, 7) is 0.361.